The van der Waals surface area contributed by atoms with Gasteiger partial charge in [0.25, 0.3) is 0 Å². The van der Waals surface area contributed by atoms with Gasteiger partial charge < -0.3 is 52.1 Å². The molecule has 1 aromatic rings. The molecule has 12 atom stereocenters. The second-order valence-corrected chi connectivity index (χ2v) is 18.7. The molecule has 346 valence electrons. The Morgan fingerprint density at radius 1 is 1.02 bits per heavy atom. The topological polar surface area (TPSA) is 250 Å². The first-order valence-electron chi connectivity index (χ1n) is 21.8. The molecule has 1 saturated heterocycles. The zero-order valence-electron chi connectivity index (χ0n) is 36.8. The number of nitrogens with two attached hydrogens (primary N) is 2. The standard InChI is InChI=1S/C45H62F2N6O10/c1-7-9-35-62-43(6)20-30-28-19-31(46)29-18-27(54)15-16-41(29,4)44(28,47)33(55)21-42(30,5)45(43,63-35)34(56)22-51-40(60)61-23-25-11-13-26(14-12-25)52-37(57)32(10-8-17-50-39(49)59)53-38(58)36(48)24(2)3/h11-16,18,24,28,30-33,35-36,55H,7-10,17,19-23,48H2,1-6H3,(H,51,60)(H,52,57)(H,53,58)(H3,49,50,59)/t28?,30?,31-,32-,33-,35?,36-,41?,42-,43?,44-,45-/m0/s1. The van der Waals surface area contributed by atoms with Gasteiger partial charge in [0, 0.05) is 29.0 Å². The molecule has 6 rings (SSSR count). The Morgan fingerprint density at radius 3 is 2.37 bits per heavy atom. The van der Waals surface area contributed by atoms with E-state index in [1.807, 2.05) is 6.92 Å². The molecule has 1 aromatic carbocycles. The molecular weight excluding hydrogens is 823 g/mol. The number of anilines is 1. The van der Waals surface area contributed by atoms with Crippen LogP contribution in [-0.2, 0) is 40.0 Å². The van der Waals surface area contributed by atoms with Crippen molar-refractivity contribution in [1.29, 1.82) is 0 Å². The minimum absolute atomic E-state index is 0.00422. The summed E-state index contributed by atoms with van der Waals surface area (Å²) < 4.78 is 52.6. The van der Waals surface area contributed by atoms with Crippen molar-refractivity contribution in [1.82, 2.24) is 16.0 Å². The number of rotatable bonds is 16. The number of hydrogen-bond donors (Lipinski definition) is 7. The molecule has 3 saturated carbocycles. The summed E-state index contributed by atoms with van der Waals surface area (Å²) in [4.78, 5) is 77.1. The number of ketones is 2. The van der Waals surface area contributed by atoms with E-state index in [2.05, 4.69) is 21.3 Å². The summed E-state index contributed by atoms with van der Waals surface area (Å²) in [5, 5.41) is 22.3. The Morgan fingerprint density at radius 2 is 1.71 bits per heavy atom. The highest BCUT2D eigenvalue weighted by molar-refractivity contribution is 6.01. The Hall–Kier alpha value is -4.78. The maximum absolute atomic E-state index is 17.9. The van der Waals surface area contributed by atoms with Gasteiger partial charge >= 0.3 is 12.1 Å². The number of benzene rings is 1. The molecule has 18 heteroatoms. The maximum Gasteiger partial charge on any atom is 0.407 e. The Labute approximate surface area is 366 Å². The van der Waals surface area contributed by atoms with Gasteiger partial charge in [-0.25, -0.2) is 18.4 Å². The highest BCUT2D eigenvalue weighted by Crippen LogP contribution is 2.74. The van der Waals surface area contributed by atoms with Crippen molar-refractivity contribution < 1.29 is 56.9 Å². The van der Waals surface area contributed by atoms with Crippen molar-refractivity contribution in [2.75, 3.05) is 18.4 Å². The molecule has 63 heavy (non-hydrogen) atoms. The van der Waals surface area contributed by atoms with Crippen molar-refractivity contribution in [2.45, 2.75) is 141 Å². The molecule has 4 aliphatic carbocycles. The quantitative estimate of drug-likeness (QED) is 0.117. The van der Waals surface area contributed by atoms with E-state index in [0.717, 1.165) is 6.08 Å². The number of amides is 5. The van der Waals surface area contributed by atoms with Crippen LogP contribution in [0.3, 0.4) is 0 Å². The summed E-state index contributed by atoms with van der Waals surface area (Å²) >= 11 is 0. The number of ether oxygens (including phenoxy) is 3. The van der Waals surface area contributed by atoms with Crippen LogP contribution in [-0.4, -0.2) is 101 Å². The third-order valence-corrected chi connectivity index (χ3v) is 14.4. The fourth-order valence-corrected chi connectivity index (χ4v) is 11.2. The number of alkyl halides is 2. The Bertz CT molecular complexity index is 2040. The van der Waals surface area contributed by atoms with E-state index < -0.39 is 112 Å². The maximum atomic E-state index is 17.9. The molecule has 1 heterocycles. The number of alkyl carbamates (subject to hydrolysis) is 1. The fourth-order valence-electron chi connectivity index (χ4n) is 11.2. The van der Waals surface area contributed by atoms with Gasteiger partial charge in [-0.05, 0) is 99.6 Å². The van der Waals surface area contributed by atoms with Gasteiger partial charge in [-0.15, -0.1) is 0 Å². The number of nitrogens with one attached hydrogen (secondary N) is 4. The first-order valence-corrected chi connectivity index (χ1v) is 21.8. The van der Waals surface area contributed by atoms with Gasteiger partial charge in [0.05, 0.1) is 18.7 Å². The van der Waals surface area contributed by atoms with Crippen LogP contribution in [0.4, 0.5) is 24.1 Å². The molecule has 0 bridgehead atoms. The molecule has 0 radical (unpaired) electrons. The zero-order chi connectivity index (χ0) is 46.3. The van der Waals surface area contributed by atoms with Crippen LogP contribution in [0.5, 0.6) is 0 Å². The van der Waals surface area contributed by atoms with Crippen LogP contribution in [0, 0.1) is 28.6 Å². The lowest BCUT2D eigenvalue weighted by Gasteiger charge is -2.63. The average molecular weight is 885 g/mol. The largest absolute Gasteiger partial charge is 0.445 e. The van der Waals surface area contributed by atoms with E-state index in [0.29, 0.717) is 30.5 Å². The van der Waals surface area contributed by atoms with E-state index in [4.69, 9.17) is 25.7 Å². The van der Waals surface area contributed by atoms with Gasteiger partial charge in [0.2, 0.25) is 11.8 Å². The first-order chi connectivity index (χ1) is 29.6. The SMILES string of the molecule is CCCC1OC2(C)CC3C4C[C@H](F)C5=CC(=O)C=CC5(C)[C@@]4(F)[C@@H](O)C[C@]3(C)[C@]2(C(=O)CNC(=O)OCc2ccc(NC(=O)[C@H](CCCNC(N)=O)NC(=O)[C@@H](N)C(C)C)cc2)O1. The van der Waals surface area contributed by atoms with Gasteiger partial charge in [0.15, 0.2) is 29.1 Å². The van der Waals surface area contributed by atoms with Crippen LogP contribution in [0.15, 0.2) is 48.1 Å². The normalized spacial score (nSPS) is 34.9. The van der Waals surface area contributed by atoms with E-state index in [1.54, 1.807) is 52.0 Å². The molecule has 5 aliphatic rings. The third kappa shape index (κ3) is 8.39. The second kappa shape index (κ2) is 18.0. The number of hydrogen-bond acceptors (Lipinski definition) is 11. The van der Waals surface area contributed by atoms with Crippen LogP contribution >= 0.6 is 0 Å². The summed E-state index contributed by atoms with van der Waals surface area (Å²) in [6, 6.07) is 3.87. The lowest BCUT2D eigenvalue weighted by molar-refractivity contribution is -0.234. The smallest absolute Gasteiger partial charge is 0.407 e. The van der Waals surface area contributed by atoms with Crippen LogP contribution in [0.2, 0.25) is 0 Å². The van der Waals surface area contributed by atoms with Gasteiger partial charge in [0.1, 0.15) is 24.4 Å². The minimum atomic E-state index is -2.37. The summed E-state index contributed by atoms with van der Waals surface area (Å²) in [6.45, 7) is 9.93. The molecular formula is C45H62F2N6O10. The fraction of sp³-hybridized carbons (Fsp3) is 0.644. The number of aliphatic hydroxyl groups excluding tert-OH is 1. The molecule has 5 amide bonds. The molecule has 0 spiro atoms. The van der Waals surface area contributed by atoms with Crippen molar-refractivity contribution in [3.8, 4) is 0 Å². The van der Waals surface area contributed by atoms with Crippen LogP contribution < -0.4 is 32.7 Å². The molecule has 4 fully saturated rings. The molecule has 5 unspecified atom stereocenters. The number of aliphatic hydroxyl groups is 1. The number of carbonyl (C=O) groups is 6. The number of allylic oxidation sites excluding steroid dienone is 4. The highest BCUT2D eigenvalue weighted by atomic mass is 19.1. The summed E-state index contributed by atoms with van der Waals surface area (Å²) in [7, 11) is 0. The molecule has 16 nitrogen and oxygen atoms in total. The predicted octanol–water partition coefficient (Wildman–Crippen LogP) is 3.94. The monoisotopic (exact) mass is 884 g/mol. The van der Waals surface area contributed by atoms with Crippen LogP contribution in [0.25, 0.3) is 0 Å². The lowest BCUT2D eigenvalue weighted by atomic mass is 9.44. The van der Waals surface area contributed by atoms with Crippen LogP contribution in [0.1, 0.15) is 92.1 Å². The van der Waals surface area contributed by atoms with Gasteiger partial charge in [-0.1, -0.05) is 52.3 Å². The third-order valence-electron chi connectivity index (χ3n) is 14.4. The van der Waals surface area contributed by atoms with Crippen molar-refractivity contribution in [3.05, 3.63) is 53.6 Å². The first kappa shape index (κ1) is 47.7. The highest BCUT2D eigenvalue weighted by Gasteiger charge is 2.83. The number of carbonyl (C=O) groups excluding carboxylic acids is 6. The summed E-state index contributed by atoms with van der Waals surface area (Å²) in [6.07, 6.45) is -0.132. The van der Waals surface area contributed by atoms with E-state index >= 15 is 8.78 Å². The van der Waals surface area contributed by atoms with E-state index in [9.17, 15) is 33.9 Å². The number of fused-ring (bicyclic) bond motifs is 7. The number of Topliss-reactive ketones (excluding diaryl/α,β-unsaturated/α-hetero) is 1. The molecule has 0 aromatic heterocycles. The summed E-state index contributed by atoms with van der Waals surface area (Å²) in [5.74, 6) is -3.96. The number of primary amides is 1. The molecule has 1 aliphatic heterocycles. The van der Waals surface area contributed by atoms with Crippen molar-refractivity contribution in [2.24, 2.45) is 40.1 Å². The summed E-state index contributed by atoms with van der Waals surface area (Å²) in [5.41, 5.74) is 3.71. The van der Waals surface area contributed by atoms with Crippen molar-refractivity contribution in [3.63, 3.8) is 0 Å². The lowest BCUT2D eigenvalue weighted by Crippen LogP contribution is -2.71. The number of urea groups is 1. The van der Waals surface area contributed by atoms with Crippen molar-refractivity contribution >= 4 is 41.2 Å². The average Bonchev–Trinajstić information content (AvgIpc) is 3.62. The number of halogens is 2. The second-order valence-electron chi connectivity index (χ2n) is 18.7. The van der Waals surface area contributed by atoms with Gasteiger partial charge in [-0.2, -0.15) is 0 Å². The van der Waals surface area contributed by atoms with E-state index in [-0.39, 0.29) is 50.3 Å². The minimum Gasteiger partial charge on any atom is -0.445 e. The predicted molar refractivity (Wildman–Crippen MR) is 226 cm³/mol. The zero-order valence-corrected chi connectivity index (χ0v) is 36.8. The Balaban J connectivity index is 1.11. The van der Waals surface area contributed by atoms with Gasteiger partial charge in [-0.3, -0.25) is 19.2 Å². The van der Waals surface area contributed by atoms with E-state index in [1.165, 1.54) is 19.1 Å². The Kier molecular flexibility index (Phi) is 13.6. The molecule has 9 N–H and O–H groups in total.